The summed E-state index contributed by atoms with van der Waals surface area (Å²) in [4.78, 5) is 35.4. The number of hydrogen-bond acceptors (Lipinski definition) is 7. The largest absolute Gasteiger partial charge is 0.454 e. The van der Waals surface area contributed by atoms with E-state index in [2.05, 4.69) is 5.32 Å². The number of hydrogen-bond donors (Lipinski definition) is 1. The van der Waals surface area contributed by atoms with Crippen molar-refractivity contribution in [2.45, 2.75) is 51.4 Å². The molecule has 0 unspecified atom stereocenters. The highest BCUT2D eigenvalue weighted by atomic mass is 32.1. The lowest BCUT2D eigenvalue weighted by atomic mass is 9.94. The molecule has 1 aliphatic heterocycles. The van der Waals surface area contributed by atoms with Crippen LogP contribution < -0.4 is 19.7 Å². The predicted molar refractivity (Wildman–Crippen MR) is 106 cm³/mol. The Morgan fingerprint density at radius 3 is 2.69 bits per heavy atom. The standard InChI is InChI=1S/C20H22N2O6S/c1-13-12-29-19(25)22(13)10-18(24)26-11-17(23)21-14-5-6-15-16(9-14)28-20(27-15)7-3-2-4-8-20/h5-6,9,12H,2-4,7-8,10-11H2,1H3,(H,21,23). The Morgan fingerprint density at radius 1 is 1.21 bits per heavy atom. The number of nitrogens with one attached hydrogen (secondary N) is 1. The molecule has 9 heteroatoms. The van der Waals surface area contributed by atoms with Gasteiger partial charge in [0.25, 0.3) is 11.7 Å². The molecule has 0 radical (unpaired) electrons. The fraction of sp³-hybridized carbons (Fsp3) is 0.450. The Morgan fingerprint density at radius 2 is 1.97 bits per heavy atom. The second-order valence-corrected chi connectivity index (χ2v) is 8.10. The lowest BCUT2D eigenvalue weighted by Gasteiger charge is -2.31. The van der Waals surface area contributed by atoms with Gasteiger partial charge in [0.05, 0.1) is 0 Å². The van der Waals surface area contributed by atoms with Gasteiger partial charge in [0, 0.05) is 35.7 Å². The van der Waals surface area contributed by atoms with Gasteiger partial charge < -0.3 is 19.5 Å². The third-order valence-corrected chi connectivity index (χ3v) is 5.94. The summed E-state index contributed by atoms with van der Waals surface area (Å²) in [7, 11) is 0. The molecule has 2 aliphatic rings. The van der Waals surface area contributed by atoms with Gasteiger partial charge in [-0.3, -0.25) is 19.0 Å². The number of fused-ring (bicyclic) bond motifs is 1. The first-order chi connectivity index (χ1) is 13.9. The second kappa shape index (κ2) is 7.90. The average Bonchev–Trinajstić information content (AvgIpc) is 3.20. The zero-order valence-corrected chi connectivity index (χ0v) is 16.9. The highest BCUT2D eigenvalue weighted by Gasteiger charge is 2.42. The van der Waals surface area contributed by atoms with Crippen LogP contribution in [0, 0.1) is 6.92 Å². The fourth-order valence-corrected chi connectivity index (χ4v) is 4.31. The number of thiazole rings is 1. The zero-order chi connectivity index (χ0) is 20.4. The summed E-state index contributed by atoms with van der Waals surface area (Å²) in [5, 5.41) is 4.35. The number of carbonyl (C=O) groups is 2. The van der Waals surface area contributed by atoms with E-state index in [9.17, 15) is 14.4 Å². The predicted octanol–water partition coefficient (Wildman–Crippen LogP) is 2.83. The number of anilines is 1. The summed E-state index contributed by atoms with van der Waals surface area (Å²) in [5.41, 5.74) is 1.21. The van der Waals surface area contributed by atoms with Gasteiger partial charge in [-0.1, -0.05) is 17.8 Å². The topological polar surface area (TPSA) is 95.9 Å². The Bertz CT molecular complexity index is 989. The first-order valence-corrected chi connectivity index (χ1v) is 10.4. The lowest BCUT2D eigenvalue weighted by Crippen LogP contribution is -2.40. The van der Waals surface area contributed by atoms with Crippen LogP contribution in [0.1, 0.15) is 37.8 Å². The quantitative estimate of drug-likeness (QED) is 0.750. The highest BCUT2D eigenvalue weighted by molar-refractivity contribution is 7.07. The van der Waals surface area contributed by atoms with Gasteiger partial charge >= 0.3 is 10.8 Å². The van der Waals surface area contributed by atoms with Crippen molar-refractivity contribution in [1.29, 1.82) is 0 Å². The van der Waals surface area contributed by atoms with Crippen LogP contribution in [0.2, 0.25) is 0 Å². The van der Waals surface area contributed by atoms with Gasteiger partial charge in [0.2, 0.25) is 0 Å². The Balaban J connectivity index is 1.30. The molecule has 29 heavy (non-hydrogen) atoms. The number of ether oxygens (including phenoxy) is 3. The van der Waals surface area contributed by atoms with Crippen molar-refractivity contribution in [2.75, 3.05) is 11.9 Å². The van der Waals surface area contributed by atoms with Crippen LogP contribution in [0.3, 0.4) is 0 Å². The summed E-state index contributed by atoms with van der Waals surface area (Å²) in [5.74, 6) is -0.411. The minimum atomic E-state index is -0.645. The van der Waals surface area contributed by atoms with Crippen molar-refractivity contribution in [3.8, 4) is 11.5 Å². The summed E-state index contributed by atoms with van der Waals surface area (Å²) in [6, 6.07) is 5.21. The number of carbonyl (C=O) groups excluding carboxylic acids is 2. The number of rotatable bonds is 5. The smallest absolute Gasteiger partial charge is 0.326 e. The van der Waals surface area contributed by atoms with E-state index in [0.717, 1.165) is 37.0 Å². The molecule has 1 N–H and O–H groups in total. The molecular formula is C20H22N2O6S. The van der Waals surface area contributed by atoms with Gasteiger partial charge in [-0.2, -0.15) is 0 Å². The first-order valence-electron chi connectivity index (χ1n) is 9.57. The van der Waals surface area contributed by atoms with E-state index in [1.54, 1.807) is 30.5 Å². The van der Waals surface area contributed by atoms with Crippen molar-refractivity contribution in [3.63, 3.8) is 0 Å². The van der Waals surface area contributed by atoms with E-state index in [-0.39, 0.29) is 11.4 Å². The van der Waals surface area contributed by atoms with Gasteiger partial charge in [-0.05, 0) is 31.9 Å². The third-order valence-electron chi connectivity index (χ3n) is 5.06. The van der Waals surface area contributed by atoms with Crippen molar-refractivity contribution < 1.29 is 23.8 Å². The van der Waals surface area contributed by atoms with Crippen LogP contribution in [0.5, 0.6) is 11.5 Å². The molecule has 1 amide bonds. The molecule has 8 nitrogen and oxygen atoms in total. The SMILES string of the molecule is Cc1csc(=O)n1CC(=O)OCC(=O)Nc1ccc2c(c1)OC1(CCCCC1)O2. The maximum absolute atomic E-state index is 12.1. The number of nitrogens with zero attached hydrogens (tertiary/aromatic N) is 1. The lowest BCUT2D eigenvalue weighted by molar-refractivity contribution is -0.147. The Hall–Kier alpha value is -2.81. The minimum Gasteiger partial charge on any atom is -0.454 e. The molecule has 0 atom stereocenters. The molecule has 1 aromatic carbocycles. The molecular weight excluding hydrogens is 396 g/mol. The normalized spacial score (nSPS) is 16.6. The fourth-order valence-electron chi connectivity index (χ4n) is 3.58. The van der Waals surface area contributed by atoms with Crippen LogP contribution in [0.4, 0.5) is 5.69 Å². The molecule has 1 saturated carbocycles. The molecule has 1 spiro atoms. The molecule has 0 bridgehead atoms. The minimum absolute atomic E-state index is 0.215. The second-order valence-electron chi connectivity index (χ2n) is 7.27. The van der Waals surface area contributed by atoms with Crippen LogP contribution in [-0.4, -0.2) is 28.8 Å². The molecule has 1 aromatic heterocycles. The van der Waals surface area contributed by atoms with Crippen LogP contribution in [0.15, 0.2) is 28.4 Å². The number of aryl methyl sites for hydroxylation is 1. The van der Waals surface area contributed by atoms with Crippen LogP contribution in [-0.2, 0) is 20.9 Å². The van der Waals surface area contributed by atoms with E-state index < -0.39 is 24.3 Å². The number of benzene rings is 1. The number of amides is 1. The molecule has 154 valence electrons. The van der Waals surface area contributed by atoms with E-state index in [1.807, 2.05) is 0 Å². The summed E-state index contributed by atoms with van der Waals surface area (Å²) >= 11 is 1.02. The van der Waals surface area contributed by atoms with Gasteiger partial charge in [-0.15, -0.1) is 0 Å². The first kappa shape index (κ1) is 19.5. The number of aromatic nitrogens is 1. The summed E-state index contributed by atoms with van der Waals surface area (Å²) in [6.45, 7) is 1.08. The maximum atomic E-state index is 12.1. The van der Waals surface area contributed by atoms with Crippen molar-refractivity contribution >= 4 is 28.9 Å². The summed E-state index contributed by atoms with van der Waals surface area (Å²) in [6.07, 6.45) is 5.03. The Labute approximate surface area is 171 Å². The average molecular weight is 418 g/mol. The van der Waals surface area contributed by atoms with Crippen molar-refractivity contribution in [3.05, 3.63) is 38.9 Å². The summed E-state index contributed by atoms with van der Waals surface area (Å²) < 4.78 is 18.3. The molecule has 1 aliphatic carbocycles. The van der Waals surface area contributed by atoms with Crippen molar-refractivity contribution in [1.82, 2.24) is 4.57 Å². The highest BCUT2D eigenvalue weighted by Crippen LogP contribution is 2.46. The van der Waals surface area contributed by atoms with E-state index in [0.29, 0.717) is 22.9 Å². The Kier molecular flexibility index (Phi) is 5.31. The molecule has 4 rings (SSSR count). The molecule has 2 aromatic rings. The number of esters is 1. The van der Waals surface area contributed by atoms with Gasteiger partial charge in [0.1, 0.15) is 6.54 Å². The van der Waals surface area contributed by atoms with E-state index in [4.69, 9.17) is 14.2 Å². The third kappa shape index (κ3) is 4.29. The molecule has 0 saturated heterocycles. The van der Waals surface area contributed by atoms with Crippen LogP contribution >= 0.6 is 11.3 Å². The van der Waals surface area contributed by atoms with Gasteiger partial charge in [-0.25, -0.2) is 0 Å². The molecule has 2 heterocycles. The molecule has 1 fully saturated rings. The zero-order valence-electron chi connectivity index (χ0n) is 16.1. The van der Waals surface area contributed by atoms with E-state index in [1.165, 1.54) is 11.0 Å². The van der Waals surface area contributed by atoms with Crippen LogP contribution in [0.25, 0.3) is 0 Å². The van der Waals surface area contributed by atoms with E-state index >= 15 is 0 Å². The monoisotopic (exact) mass is 418 g/mol. The maximum Gasteiger partial charge on any atom is 0.326 e. The van der Waals surface area contributed by atoms with Gasteiger partial charge in [0.15, 0.2) is 18.1 Å². The van der Waals surface area contributed by atoms with Crippen molar-refractivity contribution in [2.24, 2.45) is 0 Å².